The number of nitrogens with zero attached hydrogens (tertiary/aromatic N) is 2. The molecule has 0 atom stereocenters. The fourth-order valence-corrected chi connectivity index (χ4v) is 3.67. The van der Waals surface area contributed by atoms with Gasteiger partial charge in [-0.05, 0) is 49.8 Å². The lowest BCUT2D eigenvalue weighted by Crippen LogP contribution is -2.39. The van der Waals surface area contributed by atoms with Crippen LogP contribution in [0, 0.1) is 0 Å². The molecule has 132 valence electrons. The van der Waals surface area contributed by atoms with Crippen LogP contribution in [-0.2, 0) is 11.2 Å². The van der Waals surface area contributed by atoms with Crippen molar-refractivity contribution in [2.75, 3.05) is 7.05 Å². The van der Waals surface area contributed by atoms with Gasteiger partial charge < -0.3 is 10.0 Å². The van der Waals surface area contributed by atoms with E-state index in [1.54, 1.807) is 6.07 Å². The number of amides is 1. The average Bonchev–Trinajstić information content (AvgIpc) is 2.67. The van der Waals surface area contributed by atoms with E-state index in [2.05, 4.69) is 17.1 Å². The van der Waals surface area contributed by atoms with Gasteiger partial charge in [0.25, 0.3) is 0 Å². The predicted molar refractivity (Wildman–Crippen MR) is 98.4 cm³/mol. The van der Waals surface area contributed by atoms with Gasteiger partial charge in [0.15, 0.2) is 0 Å². The second kappa shape index (κ2) is 8.15. The van der Waals surface area contributed by atoms with Crippen LogP contribution >= 0.6 is 0 Å². The molecule has 1 N–H and O–H groups in total. The summed E-state index contributed by atoms with van der Waals surface area (Å²) in [5, 5.41) is 9.36. The van der Waals surface area contributed by atoms with Gasteiger partial charge in [0, 0.05) is 31.1 Å². The molecule has 1 aromatic carbocycles. The molecule has 0 aliphatic heterocycles. The van der Waals surface area contributed by atoms with E-state index in [9.17, 15) is 9.90 Å². The monoisotopic (exact) mass is 338 g/mol. The third-order valence-corrected chi connectivity index (χ3v) is 5.30. The molecule has 0 spiro atoms. The molecule has 2 aromatic rings. The molecule has 1 aromatic heterocycles. The van der Waals surface area contributed by atoms with Gasteiger partial charge in [-0.2, -0.15) is 0 Å². The van der Waals surface area contributed by atoms with Crippen molar-refractivity contribution in [3.63, 3.8) is 0 Å². The third-order valence-electron chi connectivity index (χ3n) is 5.30. The molecule has 4 heteroatoms. The van der Waals surface area contributed by atoms with E-state index < -0.39 is 0 Å². The number of aryl methyl sites for hydroxylation is 1. The van der Waals surface area contributed by atoms with E-state index >= 15 is 0 Å². The van der Waals surface area contributed by atoms with Crippen molar-refractivity contribution in [2.45, 2.75) is 50.5 Å². The van der Waals surface area contributed by atoms with Gasteiger partial charge in [-0.1, -0.05) is 30.3 Å². The summed E-state index contributed by atoms with van der Waals surface area (Å²) in [6.07, 6.45) is 7.00. The summed E-state index contributed by atoms with van der Waals surface area (Å²) < 4.78 is 0. The van der Waals surface area contributed by atoms with Crippen molar-refractivity contribution >= 4 is 5.91 Å². The maximum Gasteiger partial charge on any atom is 0.222 e. The lowest BCUT2D eigenvalue weighted by molar-refractivity contribution is -0.132. The first kappa shape index (κ1) is 17.5. The Bertz CT molecular complexity index is 677. The lowest BCUT2D eigenvalue weighted by Gasteiger charge is -2.34. The number of pyridine rings is 1. The highest BCUT2D eigenvalue weighted by Crippen LogP contribution is 2.34. The zero-order chi connectivity index (χ0) is 17.6. The SMILES string of the molecule is CN(C(=O)CCc1ccccc1)C1CCC(c2ccc(O)cn2)CC1. The van der Waals surface area contributed by atoms with E-state index in [-0.39, 0.29) is 11.7 Å². The van der Waals surface area contributed by atoms with Crippen molar-refractivity contribution in [1.82, 2.24) is 9.88 Å². The predicted octanol–water partition coefficient (Wildman–Crippen LogP) is 3.90. The van der Waals surface area contributed by atoms with Gasteiger partial charge in [0.05, 0.1) is 6.20 Å². The van der Waals surface area contributed by atoms with Gasteiger partial charge in [-0.25, -0.2) is 0 Å². The molecular weight excluding hydrogens is 312 g/mol. The first-order valence-corrected chi connectivity index (χ1v) is 9.08. The molecule has 1 saturated carbocycles. The molecule has 0 saturated heterocycles. The van der Waals surface area contributed by atoms with Crippen LogP contribution in [0.25, 0.3) is 0 Å². The summed E-state index contributed by atoms with van der Waals surface area (Å²) in [6, 6.07) is 14.1. The van der Waals surface area contributed by atoms with E-state index in [1.165, 1.54) is 11.8 Å². The first-order valence-electron chi connectivity index (χ1n) is 9.08. The van der Waals surface area contributed by atoms with Crippen molar-refractivity contribution in [1.29, 1.82) is 0 Å². The highest BCUT2D eigenvalue weighted by molar-refractivity contribution is 5.76. The standard InChI is InChI=1S/C21H26N2O2/c1-23(21(25)14-7-16-5-3-2-4-6-16)18-10-8-17(9-11-18)20-13-12-19(24)15-22-20/h2-6,12-13,15,17-18,24H,7-11,14H2,1H3. The lowest BCUT2D eigenvalue weighted by atomic mass is 9.83. The smallest absolute Gasteiger partial charge is 0.222 e. The van der Waals surface area contributed by atoms with E-state index in [0.29, 0.717) is 18.4 Å². The molecule has 1 amide bonds. The second-order valence-corrected chi connectivity index (χ2v) is 6.94. The molecular formula is C21H26N2O2. The van der Waals surface area contributed by atoms with E-state index in [1.807, 2.05) is 36.2 Å². The number of carbonyl (C=O) groups is 1. The Balaban J connectivity index is 1.48. The molecule has 1 aliphatic rings. The Labute approximate surface area is 149 Å². The molecule has 0 unspecified atom stereocenters. The molecule has 1 aliphatic carbocycles. The van der Waals surface area contributed by atoms with Gasteiger partial charge >= 0.3 is 0 Å². The maximum atomic E-state index is 12.5. The highest BCUT2D eigenvalue weighted by atomic mass is 16.3. The quantitative estimate of drug-likeness (QED) is 0.899. The van der Waals surface area contributed by atoms with Crippen LogP contribution in [0.1, 0.15) is 49.3 Å². The van der Waals surface area contributed by atoms with Crippen molar-refractivity contribution in [2.24, 2.45) is 0 Å². The Kier molecular flexibility index (Phi) is 5.69. The molecule has 25 heavy (non-hydrogen) atoms. The van der Waals surface area contributed by atoms with Gasteiger partial charge in [-0.15, -0.1) is 0 Å². The Hall–Kier alpha value is -2.36. The number of hydrogen-bond donors (Lipinski definition) is 1. The normalized spacial score (nSPS) is 20.2. The van der Waals surface area contributed by atoms with Crippen LogP contribution in [-0.4, -0.2) is 34.0 Å². The summed E-state index contributed by atoms with van der Waals surface area (Å²) in [7, 11) is 1.94. The number of aromatic nitrogens is 1. The van der Waals surface area contributed by atoms with Gasteiger partial charge in [0.2, 0.25) is 5.91 Å². The Morgan fingerprint density at radius 2 is 1.84 bits per heavy atom. The molecule has 1 heterocycles. The van der Waals surface area contributed by atoms with Crippen LogP contribution in [0.2, 0.25) is 0 Å². The fourth-order valence-electron chi connectivity index (χ4n) is 3.67. The first-order chi connectivity index (χ1) is 12.1. The van der Waals surface area contributed by atoms with Crippen molar-refractivity contribution in [3.05, 3.63) is 59.9 Å². The van der Waals surface area contributed by atoms with Crippen molar-refractivity contribution < 1.29 is 9.90 Å². The summed E-state index contributed by atoms with van der Waals surface area (Å²) in [5.74, 6) is 0.876. The summed E-state index contributed by atoms with van der Waals surface area (Å²) in [4.78, 5) is 18.8. The van der Waals surface area contributed by atoms with Gasteiger partial charge in [-0.3, -0.25) is 9.78 Å². The zero-order valence-corrected chi connectivity index (χ0v) is 14.8. The average molecular weight is 338 g/mol. The minimum atomic E-state index is 0.209. The Morgan fingerprint density at radius 1 is 1.12 bits per heavy atom. The second-order valence-electron chi connectivity index (χ2n) is 6.94. The molecule has 0 bridgehead atoms. The van der Waals surface area contributed by atoms with Gasteiger partial charge in [0.1, 0.15) is 5.75 Å². The van der Waals surface area contributed by atoms with Crippen LogP contribution in [0.15, 0.2) is 48.7 Å². The molecule has 0 radical (unpaired) electrons. The number of hydrogen-bond acceptors (Lipinski definition) is 3. The third kappa shape index (κ3) is 4.59. The number of aromatic hydroxyl groups is 1. The fraction of sp³-hybridized carbons (Fsp3) is 0.429. The van der Waals surface area contributed by atoms with E-state index in [4.69, 9.17) is 0 Å². The largest absolute Gasteiger partial charge is 0.506 e. The van der Waals surface area contributed by atoms with Crippen LogP contribution in [0.4, 0.5) is 0 Å². The number of benzene rings is 1. The number of carbonyl (C=O) groups excluding carboxylic acids is 1. The summed E-state index contributed by atoms with van der Waals surface area (Å²) in [5.41, 5.74) is 2.26. The van der Waals surface area contributed by atoms with Crippen LogP contribution in [0.3, 0.4) is 0 Å². The molecule has 4 nitrogen and oxygen atoms in total. The van der Waals surface area contributed by atoms with Crippen LogP contribution < -0.4 is 0 Å². The number of rotatable bonds is 5. The zero-order valence-electron chi connectivity index (χ0n) is 14.8. The van der Waals surface area contributed by atoms with E-state index in [0.717, 1.165) is 37.8 Å². The topological polar surface area (TPSA) is 53.4 Å². The van der Waals surface area contributed by atoms with Crippen LogP contribution in [0.5, 0.6) is 5.75 Å². The highest BCUT2D eigenvalue weighted by Gasteiger charge is 2.27. The Morgan fingerprint density at radius 3 is 2.48 bits per heavy atom. The minimum absolute atomic E-state index is 0.209. The summed E-state index contributed by atoms with van der Waals surface area (Å²) >= 11 is 0. The van der Waals surface area contributed by atoms with Crippen molar-refractivity contribution in [3.8, 4) is 5.75 Å². The summed E-state index contributed by atoms with van der Waals surface area (Å²) in [6.45, 7) is 0. The minimum Gasteiger partial charge on any atom is -0.506 e. The maximum absolute atomic E-state index is 12.5. The molecule has 1 fully saturated rings. The molecule has 3 rings (SSSR count).